The fourth-order valence-electron chi connectivity index (χ4n) is 2.86. The lowest BCUT2D eigenvalue weighted by molar-refractivity contribution is -0.142. The van der Waals surface area contributed by atoms with E-state index in [2.05, 4.69) is 5.32 Å². The number of hydrogen-bond donors (Lipinski definition) is 1. The fourth-order valence-corrected chi connectivity index (χ4v) is 3.51. The van der Waals surface area contributed by atoms with Crippen molar-refractivity contribution in [2.45, 2.75) is 33.1 Å². The van der Waals surface area contributed by atoms with Crippen LogP contribution in [0.2, 0.25) is 0 Å². The number of carbonyl (C=O) groups is 3. The van der Waals surface area contributed by atoms with Gasteiger partial charge in [0.15, 0.2) is 6.61 Å². The van der Waals surface area contributed by atoms with Crippen molar-refractivity contribution in [3.63, 3.8) is 0 Å². The predicted octanol–water partition coefficient (Wildman–Crippen LogP) is 5.69. The van der Waals surface area contributed by atoms with Gasteiger partial charge in [0.25, 0.3) is 0 Å². The van der Waals surface area contributed by atoms with Gasteiger partial charge in [0.1, 0.15) is 11.5 Å². The van der Waals surface area contributed by atoms with Crippen LogP contribution in [0.3, 0.4) is 0 Å². The Bertz CT molecular complexity index is 1070. The summed E-state index contributed by atoms with van der Waals surface area (Å²) in [4.78, 5) is 36.2. The lowest BCUT2D eigenvalue weighted by Gasteiger charge is -2.09. The van der Waals surface area contributed by atoms with Crippen molar-refractivity contribution in [3.8, 4) is 11.5 Å². The van der Waals surface area contributed by atoms with Gasteiger partial charge in [0.05, 0.1) is 4.88 Å². The molecule has 1 aromatic heterocycles. The molecule has 0 aliphatic heterocycles. The van der Waals surface area contributed by atoms with E-state index in [9.17, 15) is 14.4 Å². The minimum Gasteiger partial charge on any atom is -0.457 e. The van der Waals surface area contributed by atoms with Crippen LogP contribution in [0.5, 0.6) is 11.5 Å². The summed E-state index contributed by atoms with van der Waals surface area (Å²) in [5, 5.41) is 4.58. The Kier molecular flexibility index (Phi) is 8.16. The fraction of sp³-hybridized carbons (Fsp3) is 0.240. The highest BCUT2D eigenvalue weighted by Gasteiger charge is 2.11. The molecule has 1 heterocycles. The Morgan fingerprint density at radius 1 is 0.906 bits per heavy atom. The lowest BCUT2D eigenvalue weighted by atomic mass is 10.1. The number of benzene rings is 2. The lowest BCUT2D eigenvalue weighted by Crippen LogP contribution is -2.15. The quantitative estimate of drug-likeness (QED) is 0.316. The van der Waals surface area contributed by atoms with Gasteiger partial charge in [-0.15, -0.1) is 11.3 Å². The molecule has 2 aromatic carbocycles. The van der Waals surface area contributed by atoms with Crippen molar-refractivity contribution in [2.24, 2.45) is 0 Å². The second-order valence-electron chi connectivity index (χ2n) is 7.34. The van der Waals surface area contributed by atoms with Crippen molar-refractivity contribution >= 4 is 34.7 Å². The van der Waals surface area contributed by atoms with E-state index in [0.29, 0.717) is 22.7 Å². The van der Waals surface area contributed by atoms with E-state index in [-0.39, 0.29) is 31.1 Å². The highest BCUT2D eigenvalue weighted by atomic mass is 32.1. The summed E-state index contributed by atoms with van der Waals surface area (Å²) >= 11 is 1.31. The van der Waals surface area contributed by atoms with Crippen LogP contribution < -0.4 is 10.1 Å². The van der Waals surface area contributed by atoms with Gasteiger partial charge in [0, 0.05) is 18.5 Å². The summed E-state index contributed by atoms with van der Waals surface area (Å²) < 4.78 is 10.8. The predicted molar refractivity (Wildman–Crippen MR) is 125 cm³/mol. The van der Waals surface area contributed by atoms with Crippen LogP contribution in [0.1, 0.15) is 40.1 Å². The minimum atomic E-state index is -0.490. The first-order valence-corrected chi connectivity index (χ1v) is 11.2. The number of esters is 1. The van der Waals surface area contributed by atoms with Crippen molar-refractivity contribution in [1.29, 1.82) is 0 Å². The van der Waals surface area contributed by atoms with E-state index in [0.717, 1.165) is 11.3 Å². The SMILES string of the molecule is Cc1ccc(Oc2ccc(NC(=O)CCCC(=O)OCC(=O)c3cccs3)cc2)cc1C. The second kappa shape index (κ2) is 11.2. The van der Waals surface area contributed by atoms with Crippen LogP contribution >= 0.6 is 11.3 Å². The number of ketones is 1. The monoisotopic (exact) mass is 451 g/mol. The summed E-state index contributed by atoms with van der Waals surface area (Å²) in [6.45, 7) is 3.81. The molecule has 1 amide bonds. The molecular formula is C25H25NO5S. The van der Waals surface area contributed by atoms with E-state index in [4.69, 9.17) is 9.47 Å². The zero-order valence-corrected chi connectivity index (χ0v) is 18.9. The third-order valence-corrected chi connectivity index (χ3v) is 5.71. The molecule has 0 bridgehead atoms. The molecule has 32 heavy (non-hydrogen) atoms. The number of hydrogen-bond acceptors (Lipinski definition) is 6. The topological polar surface area (TPSA) is 81.7 Å². The van der Waals surface area contributed by atoms with E-state index in [1.807, 2.05) is 32.0 Å². The van der Waals surface area contributed by atoms with Gasteiger partial charge >= 0.3 is 5.97 Å². The van der Waals surface area contributed by atoms with Crippen LogP contribution in [-0.4, -0.2) is 24.3 Å². The standard InChI is InChI=1S/C25H25NO5S/c1-17-8-11-21(15-18(17)2)31-20-12-9-19(10-13-20)26-24(28)6-3-7-25(29)30-16-22(27)23-5-4-14-32-23/h4-5,8-15H,3,6-7,16H2,1-2H3,(H,26,28). The van der Waals surface area contributed by atoms with Gasteiger partial charge in [0.2, 0.25) is 11.7 Å². The normalized spacial score (nSPS) is 10.4. The van der Waals surface area contributed by atoms with Crippen LogP contribution in [-0.2, 0) is 14.3 Å². The van der Waals surface area contributed by atoms with Gasteiger partial charge in [-0.3, -0.25) is 14.4 Å². The first-order valence-electron chi connectivity index (χ1n) is 10.3. The Morgan fingerprint density at radius 2 is 1.66 bits per heavy atom. The Morgan fingerprint density at radius 3 is 2.34 bits per heavy atom. The number of amides is 1. The molecule has 0 aliphatic carbocycles. The molecule has 6 nitrogen and oxygen atoms in total. The molecule has 3 rings (SSSR count). The van der Waals surface area contributed by atoms with Gasteiger partial charge in [-0.1, -0.05) is 12.1 Å². The highest BCUT2D eigenvalue weighted by Crippen LogP contribution is 2.25. The van der Waals surface area contributed by atoms with Crippen molar-refractivity contribution in [3.05, 3.63) is 76.0 Å². The molecule has 3 aromatic rings. The molecule has 0 radical (unpaired) electrons. The van der Waals surface area contributed by atoms with E-state index >= 15 is 0 Å². The van der Waals surface area contributed by atoms with Gasteiger partial charge in [-0.05, 0) is 79.2 Å². The molecule has 0 unspecified atom stereocenters. The number of nitrogens with one attached hydrogen (secondary N) is 1. The summed E-state index contributed by atoms with van der Waals surface area (Å²) in [5.74, 6) is 0.516. The molecule has 0 saturated carbocycles. The Balaban J connectivity index is 1.36. The maximum absolute atomic E-state index is 12.1. The Labute approximate surface area is 191 Å². The van der Waals surface area contributed by atoms with Crippen molar-refractivity contribution in [2.75, 3.05) is 11.9 Å². The maximum Gasteiger partial charge on any atom is 0.306 e. The third kappa shape index (κ3) is 7.06. The average Bonchev–Trinajstić information content (AvgIpc) is 3.31. The van der Waals surface area contributed by atoms with Crippen LogP contribution in [0, 0.1) is 13.8 Å². The molecule has 0 fully saturated rings. The van der Waals surface area contributed by atoms with Crippen LogP contribution in [0.25, 0.3) is 0 Å². The number of thiophene rings is 1. The van der Waals surface area contributed by atoms with Gasteiger partial charge in [-0.2, -0.15) is 0 Å². The maximum atomic E-state index is 12.1. The largest absolute Gasteiger partial charge is 0.457 e. The number of aryl methyl sites for hydroxylation is 2. The van der Waals surface area contributed by atoms with Crippen LogP contribution in [0.4, 0.5) is 5.69 Å². The number of rotatable bonds is 10. The highest BCUT2D eigenvalue weighted by molar-refractivity contribution is 7.12. The number of carbonyl (C=O) groups excluding carboxylic acids is 3. The Hall–Kier alpha value is -3.45. The molecule has 7 heteroatoms. The minimum absolute atomic E-state index is 0.0773. The number of Topliss-reactive ketones (excluding diaryl/α,β-unsaturated/α-hetero) is 1. The molecule has 0 aliphatic rings. The first-order chi connectivity index (χ1) is 15.4. The molecule has 0 saturated heterocycles. The molecule has 0 atom stereocenters. The van der Waals surface area contributed by atoms with Crippen molar-refractivity contribution in [1.82, 2.24) is 0 Å². The zero-order chi connectivity index (χ0) is 22.9. The van der Waals surface area contributed by atoms with Crippen molar-refractivity contribution < 1.29 is 23.9 Å². The second-order valence-corrected chi connectivity index (χ2v) is 8.28. The number of anilines is 1. The first kappa shape index (κ1) is 23.2. The van der Waals surface area contributed by atoms with Gasteiger partial charge < -0.3 is 14.8 Å². The molecule has 166 valence electrons. The van der Waals surface area contributed by atoms with E-state index < -0.39 is 5.97 Å². The summed E-state index contributed by atoms with van der Waals surface area (Å²) in [7, 11) is 0. The van der Waals surface area contributed by atoms with E-state index in [1.54, 1.807) is 41.8 Å². The summed E-state index contributed by atoms with van der Waals surface area (Å²) in [5.41, 5.74) is 3.01. The van der Waals surface area contributed by atoms with Crippen LogP contribution in [0.15, 0.2) is 60.0 Å². The smallest absolute Gasteiger partial charge is 0.306 e. The van der Waals surface area contributed by atoms with Gasteiger partial charge in [-0.25, -0.2) is 0 Å². The molecule has 1 N–H and O–H groups in total. The summed E-state index contributed by atoms with van der Waals surface area (Å²) in [6.07, 6.45) is 0.592. The third-order valence-electron chi connectivity index (χ3n) is 4.80. The zero-order valence-electron chi connectivity index (χ0n) is 18.1. The molecule has 0 spiro atoms. The average molecular weight is 452 g/mol. The van der Waals surface area contributed by atoms with E-state index in [1.165, 1.54) is 16.9 Å². The number of ether oxygens (including phenoxy) is 2. The molecular weight excluding hydrogens is 426 g/mol. The summed E-state index contributed by atoms with van der Waals surface area (Å²) in [6, 6.07) is 16.5.